The van der Waals surface area contributed by atoms with Gasteiger partial charge in [-0.05, 0) is 30.2 Å². The maximum absolute atomic E-state index is 13.1. The van der Waals surface area contributed by atoms with E-state index < -0.39 is 41.4 Å². The molecule has 192 valence electrons. The molecule has 9 heteroatoms. The van der Waals surface area contributed by atoms with Crippen LogP contribution in [0.4, 0.5) is 0 Å². The van der Waals surface area contributed by atoms with Gasteiger partial charge in [0.2, 0.25) is 11.7 Å². The Hall–Kier alpha value is -3.07. The second kappa shape index (κ2) is 13.7. The van der Waals surface area contributed by atoms with Crippen LogP contribution in [0.25, 0.3) is 0 Å². The topological polar surface area (TPSA) is 131 Å². The molecular formula is C26H37N3O6. The number of hydrogen-bond donors (Lipinski definition) is 3. The predicted molar refractivity (Wildman–Crippen MR) is 129 cm³/mol. The van der Waals surface area contributed by atoms with Crippen LogP contribution in [-0.2, 0) is 35.3 Å². The monoisotopic (exact) mass is 487 g/mol. The molecule has 2 amide bonds. The SMILES string of the molecule is CC(C)CC(NC(=O)C(CC(=O)OCc1ccccc1)C(C)C)C(=O)CC1CCNNC(=O)C1=O. The predicted octanol–water partition coefficient (Wildman–Crippen LogP) is 2.09. The van der Waals surface area contributed by atoms with Crippen LogP contribution in [0.5, 0.6) is 0 Å². The zero-order valence-electron chi connectivity index (χ0n) is 21.0. The summed E-state index contributed by atoms with van der Waals surface area (Å²) >= 11 is 0. The average Bonchev–Trinajstić information content (AvgIpc) is 2.96. The zero-order chi connectivity index (χ0) is 26.0. The quantitative estimate of drug-likeness (QED) is 0.304. The van der Waals surface area contributed by atoms with Crippen molar-refractivity contribution in [1.29, 1.82) is 0 Å². The van der Waals surface area contributed by atoms with Crippen molar-refractivity contribution in [2.75, 3.05) is 6.54 Å². The van der Waals surface area contributed by atoms with Gasteiger partial charge in [-0.1, -0.05) is 58.0 Å². The number of rotatable bonds is 12. The smallest absolute Gasteiger partial charge is 0.306 e. The number of hydrogen-bond acceptors (Lipinski definition) is 7. The van der Waals surface area contributed by atoms with Crippen LogP contribution >= 0.6 is 0 Å². The number of carbonyl (C=O) groups is 5. The second-order valence-electron chi connectivity index (χ2n) is 9.79. The molecule has 1 fully saturated rings. The number of esters is 1. The molecule has 3 atom stereocenters. The van der Waals surface area contributed by atoms with Crippen molar-refractivity contribution < 1.29 is 28.7 Å². The van der Waals surface area contributed by atoms with Crippen LogP contribution in [0.1, 0.15) is 58.9 Å². The van der Waals surface area contributed by atoms with E-state index in [-0.39, 0.29) is 37.1 Å². The zero-order valence-corrected chi connectivity index (χ0v) is 21.0. The lowest BCUT2D eigenvalue weighted by molar-refractivity contribution is -0.149. The van der Waals surface area contributed by atoms with E-state index in [4.69, 9.17) is 4.74 Å². The molecule has 1 aliphatic heterocycles. The summed E-state index contributed by atoms with van der Waals surface area (Å²) in [6, 6.07) is 8.46. The Kier molecular flexibility index (Phi) is 11.0. The summed E-state index contributed by atoms with van der Waals surface area (Å²) in [6.07, 6.45) is 0.496. The highest BCUT2D eigenvalue weighted by molar-refractivity contribution is 6.37. The first kappa shape index (κ1) is 28.2. The van der Waals surface area contributed by atoms with E-state index in [1.807, 2.05) is 58.0 Å². The lowest BCUT2D eigenvalue weighted by Crippen LogP contribution is -2.47. The number of benzene rings is 1. The summed E-state index contributed by atoms with van der Waals surface area (Å²) in [4.78, 5) is 62.8. The summed E-state index contributed by atoms with van der Waals surface area (Å²) in [5, 5.41) is 2.82. The number of nitrogens with one attached hydrogen (secondary N) is 3. The fourth-order valence-corrected chi connectivity index (χ4v) is 3.98. The fourth-order valence-electron chi connectivity index (χ4n) is 3.98. The van der Waals surface area contributed by atoms with Gasteiger partial charge in [0, 0.05) is 18.9 Å². The average molecular weight is 488 g/mol. The molecule has 3 unspecified atom stereocenters. The molecule has 0 spiro atoms. The van der Waals surface area contributed by atoms with Gasteiger partial charge in [-0.15, -0.1) is 0 Å². The Morgan fingerprint density at radius 1 is 1.09 bits per heavy atom. The number of carbonyl (C=O) groups excluding carboxylic acids is 5. The van der Waals surface area contributed by atoms with Crippen LogP contribution in [0.3, 0.4) is 0 Å². The molecule has 35 heavy (non-hydrogen) atoms. The Labute approximate surface area is 206 Å². The number of Topliss-reactive ketones (excluding diaryl/α,β-unsaturated/α-hetero) is 2. The van der Waals surface area contributed by atoms with Gasteiger partial charge >= 0.3 is 11.9 Å². The maximum atomic E-state index is 13.1. The van der Waals surface area contributed by atoms with Crippen molar-refractivity contribution in [3.05, 3.63) is 35.9 Å². The molecule has 0 aromatic heterocycles. The molecule has 0 bridgehead atoms. The largest absolute Gasteiger partial charge is 0.461 e. The molecule has 0 radical (unpaired) electrons. The van der Waals surface area contributed by atoms with Gasteiger partial charge in [0.1, 0.15) is 6.61 Å². The molecular weight excluding hydrogens is 450 g/mol. The Morgan fingerprint density at radius 3 is 2.40 bits per heavy atom. The van der Waals surface area contributed by atoms with Gasteiger partial charge < -0.3 is 10.1 Å². The summed E-state index contributed by atoms with van der Waals surface area (Å²) in [5.74, 6) is -4.06. The highest BCUT2D eigenvalue weighted by Gasteiger charge is 2.34. The lowest BCUT2D eigenvalue weighted by Gasteiger charge is -2.25. The van der Waals surface area contributed by atoms with Crippen molar-refractivity contribution in [2.24, 2.45) is 23.7 Å². The minimum atomic E-state index is -0.809. The number of amides is 2. The van der Waals surface area contributed by atoms with Crippen LogP contribution < -0.4 is 16.2 Å². The van der Waals surface area contributed by atoms with Crippen LogP contribution in [0.2, 0.25) is 0 Å². The first-order chi connectivity index (χ1) is 16.6. The standard InChI is InChI=1S/C26H37N3O6/c1-16(2)12-21(22(30)13-19-10-11-27-29-26(34)24(19)32)28-25(33)20(17(3)4)14-23(31)35-15-18-8-6-5-7-9-18/h5-9,16-17,19-21,27H,10-15H2,1-4H3,(H,28,33)(H,29,34). The second-order valence-corrected chi connectivity index (χ2v) is 9.79. The highest BCUT2D eigenvalue weighted by Crippen LogP contribution is 2.20. The molecule has 1 aliphatic rings. The summed E-state index contributed by atoms with van der Waals surface area (Å²) in [5.41, 5.74) is 5.79. The van der Waals surface area contributed by atoms with Gasteiger partial charge in [-0.3, -0.25) is 29.4 Å². The van der Waals surface area contributed by atoms with E-state index in [1.165, 1.54) is 0 Å². The molecule has 2 rings (SSSR count). The van der Waals surface area contributed by atoms with Gasteiger partial charge in [-0.25, -0.2) is 5.43 Å². The third kappa shape index (κ3) is 9.24. The summed E-state index contributed by atoms with van der Waals surface area (Å²) in [7, 11) is 0. The maximum Gasteiger partial charge on any atom is 0.306 e. The van der Waals surface area contributed by atoms with Gasteiger partial charge in [0.25, 0.3) is 0 Å². The fraction of sp³-hybridized carbons (Fsp3) is 0.577. The van der Waals surface area contributed by atoms with E-state index in [2.05, 4.69) is 16.2 Å². The van der Waals surface area contributed by atoms with E-state index in [1.54, 1.807) is 0 Å². The molecule has 1 saturated heterocycles. The molecule has 0 saturated carbocycles. The number of hydrazine groups is 1. The van der Waals surface area contributed by atoms with Crippen molar-refractivity contribution in [3.8, 4) is 0 Å². The molecule has 3 N–H and O–H groups in total. The van der Waals surface area contributed by atoms with Crippen molar-refractivity contribution in [2.45, 2.75) is 66.0 Å². The third-order valence-corrected chi connectivity index (χ3v) is 6.04. The minimum Gasteiger partial charge on any atom is -0.461 e. The Morgan fingerprint density at radius 2 is 1.77 bits per heavy atom. The summed E-state index contributed by atoms with van der Waals surface area (Å²) < 4.78 is 5.34. The first-order valence-corrected chi connectivity index (χ1v) is 12.2. The summed E-state index contributed by atoms with van der Waals surface area (Å²) in [6.45, 7) is 8.03. The molecule has 1 aromatic carbocycles. The Balaban J connectivity index is 2.02. The van der Waals surface area contributed by atoms with Crippen LogP contribution in [0, 0.1) is 23.7 Å². The van der Waals surface area contributed by atoms with E-state index in [9.17, 15) is 24.0 Å². The van der Waals surface area contributed by atoms with Gasteiger partial charge in [0.15, 0.2) is 5.78 Å². The van der Waals surface area contributed by atoms with E-state index in [0.29, 0.717) is 19.4 Å². The van der Waals surface area contributed by atoms with E-state index in [0.717, 1.165) is 5.56 Å². The van der Waals surface area contributed by atoms with Crippen molar-refractivity contribution in [3.63, 3.8) is 0 Å². The van der Waals surface area contributed by atoms with Gasteiger partial charge in [0.05, 0.1) is 18.4 Å². The first-order valence-electron chi connectivity index (χ1n) is 12.2. The van der Waals surface area contributed by atoms with Crippen LogP contribution in [-0.4, -0.2) is 41.9 Å². The normalized spacial score (nSPS) is 17.9. The van der Waals surface area contributed by atoms with Crippen LogP contribution in [0.15, 0.2) is 30.3 Å². The molecule has 9 nitrogen and oxygen atoms in total. The third-order valence-electron chi connectivity index (χ3n) is 6.04. The van der Waals surface area contributed by atoms with Crippen molar-refractivity contribution in [1.82, 2.24) is 16.2 Å². The molecule has 1 heterocycles. The number of ether oxygens (including phenoxy) is 1. The Bertz CT molecular complexity index is 900. The lowest BCUT2D eigenvalue weighted by atomic mass is 9.87. The van der Waals surface area contributed by atoms with Gasteiger partial charge in [-0.2, -0.15) is 0 Å². The van der Waals surface area contributed by atoms with Crippen molar-refractivity contribution >= 4 is 29.4 Å². The molecule has 1 aromatic rings. The highest BCUT2D eigenvalue weighted by atomic mass is 16.5. The van der Waals surface area contributed by atoms with E-state index >= 15 is 0 Å². The molecule has 0 aliphatic carbocycles. The number of ketones is 2. The minimum absolute atomic E-state index is 0.104.